The Morgan fingerprint density at radius 1 is 1.04 bits per heavy atom. The number of piperazine rings is 1. The zero-order valence-electron chi connectivity index (χ0n) is 15.2. The number of hydrogen-bond acceptors (Lipinski definition) is 4. The van der Waals surface area contributed by atoms with Crippen molar-refractivity contribution in [1.82, 2.24) is 9.80 Å². The molecular weight excluding hydrogens is 332 g/mol. The number of benzene rings is 1. The minimum absolute atomic E-state index is 0.0113. The van der Waals surface area contributed by atoms with Gasteiger partial charge in [0.25, 0.3) is 5.91 Å². The molecule has 4 nitrogen and oxygen atoms in total. The Morgan fingerprint density at radius 3 is 2.44 bits per heavy atom. The van der Waals surface area contributed by atoms with Gasteiger partial charge in [-0.05, 0) is 56.2 Å². The van der Waals surface area contributed by atoms with Gasteiger partial charge in [0.1, 0.15) is 5.76 Å². The third-order valence-electron chi connectivity index (χ3n) is 4.77. The molecular formula is C20H26N2O2S. The predicted octanol–water partition coefficient (Wildman–Crippen LogP) is 3.75. The lowest BCUT2D eigenvalue weighted by Crippen LogP contribution is -2.49. The molecule has 0 bridgehead atoms. The Labute approximate surface area is 154 Å². The second-order valence-corrected chi connectivity index (χ2v) is 7.81. The second-order valence-electron chi connectivity index (χ2n) is 6.64. The predicted molar refractivity (Wildman–Crippen MR) is 102 cm³/mol. The summed E-state index contributed by atoms with van der Waals surface area (Å²) in [6, 6.07) is 10.3. The highest BCUT2D eigenvalue weighted by atomic mass is 32.2. The van der Waals surface area contributed by atoms with E-state index in [4.69, 9.17) is 4.42 Å². The fraction of sp³-hybridized carbons (Fsp3) is 0.450. The van der Waals surface area contributed by atoms with Crippen molar-refractivity contribution in [1.29, 1.82) is 0 Å². The van der Waals surface area contributed by atoms with Crippen molar-refractivity contribution >= 4 is 17.7 Å². The van der Waals surface area contributed by atoms with Crippen LogP contribution in [0.25, 0.3) is 0 Å². The Hall–Kier alpha value is -1.72. The minimum Gasteiger partial charge on any atom is -0.456 e. The Kier molecular flexibility index (Phi) is 5.86. The minimum atomic E-state index is 0.0113. The van der Waals surface area contributed by atoms with Crippen LogP contribution in [-0.4, -0.2) is 54.2 Å². The summed E-state index contributed by atoms with van der Waals surface area (Å²) in [7, 11) is 0. The van der Waals surface area contributed by atoms with Crippen molar-refractivity contribution in [3.05, 3.63) is 53.0 Å². The summed E-state index contributed by atoms with van der Waals surface area (Å²) < 4.78 is 5.45. The summed E-state index contributed by atoms with van der Waals surface area (Å²) >= 11 is 1.91. The summed E-state index contributed by atoms with van der Waals surface area (Å²) in [6.45, 7) is 10.6. The third kappa shape index (κ3) is 4.67. The smallest absolute Gasteiger partial charge is 0.289 e. The van der Waals surface area contributed by atoms with Gasteiger partial charge in [0.15, 0.2) is 5.76 Å². The van der Waals surface area contributed by atoms with Gasteiger partial charge in [-0.3, -0.25) is 9.69 Å². The quantitative estimate of drug-likeness (QED) is 0.763. The van der Waals surface area contributed by atoms with Crippen LogP contribution in [0.3, 0.4) is 0 Å². The van der Waals surface area contributed by atoms with E-state index in [1.165, 1.54) is 16.0 Å². The van der Waals surface area contributed by atoms with Crippen molar-refractivity contribution < 1.29 is 9.21 Å². The molecule has 3 rings (SSSR count). The van der Waals surface area contributed by atoms with Crippen LogP contribution in [0.4, 0.5) is 0 Å². The first kappa shape index (κ1) is 18.1. The number of thioether (sulfide) groups is 1. The first-order valence-electron chi connectivity index (χ1n) is 8.81. The number of furan rings is 1. The van der Waals surface area contributed by atoms with Crippen molar-refractivity contribution in [2.24, 2.45) is 0 Å². The first-order chi connectivity index (χ1) is 12.0. The third-order valence-corrected chi connectivity index (χ3v) is 5.74. The van der Waals surface area contributed by atoms with Crippen LogP contribution in [0.2, 0.25) is 0 Å². The summed E-state index contributed by atoms with van der Waals surface area (Å²) in [5.74, 6) is 2.33. The van der Waals surface area contributed by atoms with Crippen LogP contribution in [0.15, 0.2) is 39.6 Å². The average molecular weight is 359 g/mol. The number of carbonyl (C=O) groups is 1. The van der Waals surface area contributed by atoms with Crippen LogP contribution >= 0.6 is 11.8 Å². The lowest BCUT2D eigenvalue weighted by atomic mass is 10.1. The molecule has 0 aliphatic carbocycles. The molecule has 1 aromatic carbocycles. The van der Waals surface area contributed by atoms with Crippen molar-refractivity contribution in [2.75, 3.05) is 38.5 Å². The van der Waals surface area contributed by atoms with Gasteiger partial charge < -0.3 is 9.32 Å². The summed E-state index contributed by atoms with van der Waals surface area (Å²) in [6.07, 6.45) is 0. The summed E-state index contributed by atoms with van der Waals surface area (Å²) in [5, 5.41) is 0. The van der Waals surface area contributed by atoms with Crippen LogP contribution in [0, 0.1) is 20.8 Å². The standard InChI is InChI=1S/C20H26N2O2S/c1-15-4-6-18(14-16(15)2)25-13-12-21-8-10-22(11-9-21)20(23)19-7-5-17(3)24-19/h4-7,14H,8-13H2,1-3H3. The van der Waals surface area contributed by atoms with E-state index >= 15 is 0 Å². The molecule has 0 saturated carbocycles. The van der Waals surface area contributed by atoms with E-state index in [9.17, 15) is 4.79 Å². The fourth-order valence-electron chi connectivity index (χ4n) is 2.98. The number of amides is 1. The molecule has 0 unspecified atom stereocenters. The topological polar surface area (TPSA) is 36.7 Å². The molecule has 1 amide bonds. The summed E-state index contributed by atoms with van der Waals surface area (Å²) in [4.78, 5) is 18.1. The fourth-order valence-corrected chi connectivity index (χ4v) is 3.99. The maximum atomic E-state index is 12.4. The highest BCUT2D eigenvalue weighted by molar-refractivity contribution is 7.99. The SMILES string of the molecule is Cc1ccc(C(=O)N2CCN(CCSc3ccc(C)c(C)c3)CC2)o1. The molecule has 25 heavy (non-hydrogen) atoms. The zero-order chi connectivity index (χ0) is 17.8. The van der Waals surface area contributed by atoms with Crippen molar-refractivity contribution in [3.8, 4) is 0 Å². The van der Waals surface area contributed by atoms with E-state index in [0.717, 1.165) is 44.2 Å². The Morgan fingerprint density at radius 2 is 1.80 bits per heavy atom. The van der Waals surface area contributed by atoms with Gasteiger partial charge in [0.2, 0.25) is 0 Å². The molecule has 1 aromatic heterocycles. The molecule has 0 N–H and O–H groups in total. The number of rotatable bonds is 5. The Bertz CT molecular complexity index is 733. The van der Waals surface area contributed by atoms with Gasteiger partial charge >= 0.3 is 0 Å². The highest BCUT2D eigenvalue weighted by Crippen LogP contribution is 2.21. The lowest BCUT2D eigenvalue weighted by Gasteiger charge is -2.34. The molecule has 1 fully saturated rings. The molecule has 2 aromatic rings. The van der Waals surface area contributed by atoms with Gasteiger partial charge in [-0.1, -0.05) is 6.07 Å². The van der Waals surface area contributed by atoms with Crippen LogP contribution in [-0.2, 0) is 0 Å². The van der Waals surface area contributed by atoms with Gasteiger partial charge in [0, 0.05) is 43.4 Å². The van der Waals surface area contributed by atoms with E-state index in [-0.39, 0.29) is 5.91 Å². The molecule has 0 atom stereocenters. The van der Waals surface area contributed by atoms with Gasteiger partial charge in [-0.15, -0.1) is 11.8 Å². The van der Waals surface area contributed by atoms with E-state index in [2.05, 4.69) is 36.9 Å². The van der Waals surface area contributed by atoms with E-state index in [1.807, 2.05) is 29.7 Å². The molecule has 0 radical (unpaired) electrons. The number of aryl methyl sites for hydroxylation is 3. The molecule has 1 saturated heterocycles. The molecule has 134 valence electrons. The van der Waals surface area contributed by atoms with Gasteiger partial charge in [0.05, 0.1) is 0 Å². The van der Waals surface area contributed by atoms with E-state index in [0.29, 0.717) is 5.76 Å². The van der Waals surface area contributed by atoms with Crippen LogP contribution in [0.1, 0.15) is 27.4 Å². The van der Waals surface area contributed by atoms with Crippen molar-refractivity contribution in [2.45, 2.75) is 25.7 Å². The first-order valence-corrected chi connectivity index (χ1v) is 9.79. The number of hydrogen-bond donors (Lipinski definition) is 0. The van der Waals surface area contributed by atoms with Gasteiger partial charge in [-0.2, -0.15) is 0 Å². The van der Waals surface area contributed by atoms with E-state index in [1.54, 1.807) is 6.07 Å². The second kappa shape index (κ2) is 8.11. The van der Waals surface area contributed by atoms with E-state index < -0.39 is 0 Å². The average Bonchev–Trinajstić information content (AvgIpc) is 3.04. The molecule has 0 spiro atoms. The largest absolute Gasteiger partial charge is 0.456 e. The molecule has 5 heteroatoms. The number of carbonyl (C=O) groups excluding carboxylic acids is 1. The lowest BCUT2D eigenvalue weighted by molar-refractivity contribution is 0.0612. The normalized spacial score (nSPS) is 15.6. The zero-order valence-corrected chi connectivity index (χ0v) is 16.1. The monoisotopic (exact) mass is 358 g/mol. The molecule has 1 aliphatic heterocycles. The maximum Gasteiger partial charge on any atom is 0.289 e. The summed E-state index contributed by atoms with van der Waals surface area (Å²) in [5.41, 5.74) is 2.70. The highest BCUT2D eigenvalue weighted by Gasteiger charge is 2.23. The molecule has 1 aliphatic rings. The van der Waals surface area contributed by atoms with Crippen LogP contribution in [0.5, 0.6) is 0 Å². The Balaban J connectivity index is 1.42. The molecule has 2 heterocycles. The van der Waals surface area contributed by atoms with Gasteiger partial charge in [-0.25, -0.2) is 0 Å². The maximum absolute atomic E-state index is 12.4. The van der Waals surface area contributed by atoms with Crippen molar-refractivity contribution in [3.63, 3.8) is 0 Å². The number of nitrogens with zero attached hydrogens (tertiary/aromatic N) is 2. The van der Waals surface area contributed by atoms with Crippen LogP contribution < -0.4 is 0 Å².